The number of aromatic nitrogens is 1. The van der Waals surface area contributed by atoms with Crippen molar-refractivity contribution in [1.82, 2.24) is 9.88 Å². The van der Waals surface area contributed by atoms with Gasteiger partial charge in [-0.15, -0.1) is 0 Å². The van der Waals surface area contributed by atoms with Gasteiger partial charge in [-0.25, -0.2) is 0 Å². The van der Waals surface area contributed by atoms with Gasteiger partial charge in [0.2, 0.25) is 0 Å². The van der Waals surface area contributed by atoms with Crippen molar-refractivity contribution in [2.75, 3.05) is 14.1 Å². The second kappa shape index (κ2) is 5.36. The van der Waals surface area contributed by atoms with Gasteiger partial charge in [0.05, 0.1) is 11.9 Å². The van der Waals surface area contributed by atoms with E-state index in [4.69, 9.17) is 5.11 Å². The van der Waals surface area contributed by atoms with Gasteiger partial charge in [0.15, 0.2) is 0 Å². The number of hydrogen-bond acceptors (Lipinski definition) is 3. The number of benzene rings is 1. The molecule has 0 aliphatic rings. The number of aryl methyl sites for hydroxylation is 1. The minimum absolute atomic E-state index is 0.0950. The molecule has 0 spiro atoms. The Hall–Kier alpha value is -1.94. The average molecular weight is 258 g/mol. The molecule has 0 fully saturated rings. The van der Waals surface area contributed by atoms with Gasteiger partial charge in [-0.2, -0.15) is 0 Å². The molecule has 4 heteroatoms. The number of aliphatic carboxylic acids is 1. The van der Waals surface area contributed by atoms with Crippen LogP contribution in [-0.4, -0.2) is 35.1 Å². The second-order valence-corrected chi connectivity index (χ2v) is 4.98. The summed E-state index contributed by atoms with van der Waals surface area (Å²) in [6.07, 6.45) is 0.0950. The molecule has 0 radical (unpaired) electrons. The molecule has 0 saturated heterocycles. The van der Waals surface area contributed by atoms with Gasteiger partial charge >= 0.3 is 5.97 Å². The molecule has 0 aliphatic heterocycles. The molecule has 0 amide bonds. The van der Waals surface area contributed by atoms with E-state index in [-0.39, 0.29) is 12.5 Å². The lowest BCUT2D eigenvalue weighted by molar-refractivity contribution is -0.138. The summed E-state index contributed by atoms with van der Waals surface area (Å²) < 4.78 is 0. The van der Waals surface area contributed by atoms with Crippen molar-refractivity contribution in [3.05, 3.63) is 41.6 Å². The first-order valence-corrected chi connectivity index (χ1v) is 6.23. The molecule has 1 unspecified atom stereocenters. The summed E-state index contributed by atoms with van der Waals surface area (Å²) in [4.78, 5) is 17.3. The summed E-state index contributed by atoms with van der Waals surface area (Å²) >= 11 is 0. The fourth-order valence-corrected chi connectivity index (χ4v) is 2.22. The Balaban J connectivity index is 2.43. The van der Waals surface area contributed by atoms with E-state index in [1.54, 1.807) is 0 Å². The zero-order valence-electron chi connectivity index (χ0n) is 11.4. The standard InChI is InChI=1S/C15H18N2O2/c1-10-4-5-11-8-12(6-7-13(11)16-10)14(17(2)3)9-15(18)19/h4-8,14H,9H2,1-3H3,(H,18,19). The number of carbonyl (C=O) groups is 1. The normalized spacial score (nSPS) is 12.8. The van der Waals surface area contributed by atoms with E-state index in [2.05, 4.69) is 4.98 Å². The number of hydrogen-bond donors (Lipinski definition) is 1. The molecule has 1 aromatic carbocycles. The van der Waals surface area contributed by atoms with E-state index < -0.39 is 5.97 Å². The van der Waals surface area contributed by atoms with Crippen molar-refractivity contribution in [3.63, 3.8) is 0 Å². The third kappa shape index (κ3) is 3.09. The van der Waals surface area contributed by atoms with Gasteiger partial charge in [0.25, 0.3) is 0 Å². The monoisotopic (exact) mass is 258 g/mol. The Morgan fingerprint density at radius 2 is 2.05 bits per heavy atom. The highest BCUT2D eigenvalue weighted by Gasteiger charge is 2.18. The van der Waals surface area contributed by atoms with Crippen molar-refractivity contribution in [2.45, 2.75) is 19.4 Å². The van der Waals surface area contributed by atoms with Crippen LogP contribution in [-0.2, 0) is 4.79 Å². The predicted octanol–water partition coefficient (Wildman–Crippen LogP) is 2.62. The van der Waals surface area contributed by atoms with Gasteiger partial charge in [-0.1, -0.05) is 12.1 Å². The zero-order valence-corrected chi connectivity index (χ0v) is 11.4. The number of carboxylic acid groups (broad SMARTS) is 1. The van der Waals surface area contributed by atoms with Crippen LogP contribution < -0.4 is 0 Å². The lowest BCUT2D eigenvalue weighted by atomic mass is 10.0. The quantitative estimate of drug-likeness (QED) is 0.916. The third-order valence-corrected chi connectivity index (χ3v) is 3.23. The smallest absolute Gasteiger partial charge is 0.305 e. The summed E-state index contributed by atoms with van der Waals surface area (Å²) in [7, 11) is 3.79. The maximum absolute atomic E-state index is 11.0. The van der Waals surface area contributed by atoms with Crippen LogP contribution in [0.25, 0.3) is 10.9 Å². The van der Waals surface area contributed by atoms with Crippen LogP contribution in [0.2, 0.25) is 0 Å². The fourth-order valence-electron chi connectivity index (χ4n) is 2.22. The second-order valence-electron chi connectivity index (χ2n) is 4.98. The van der Waals surface area contributed by atoms with E-state index in [0.29, 0.717) is 0 Å². The maximum atomic E-state index is 11.0. The number of nitrogens with zero attached hydrogens (tertiary/aromatic N) is 2. The Morgan fingerprint density at radius 1 is 1.32 bits per heavy atom. The first-order chi connectivity index (χ1) is 8.97. The number of rotatable bonds is 4. The highest BCUT2D eigenvalue weighted by atomic mass is 16.4. The van der Waals surface area contributed by atoms with E-state index >= 15 is 0 Å². The maximum Gasteiger partial charge on any atom is 0.305 e. The molecule has 1 aromatic heterocycles. The van der Waals surface area contributed by atoms with Crippen LogP contribution in [0.4, 0.5) is 0 Å². The van der Waals surface area contributed by atoms with Crippen LogP contribution in [0.5, 0.6) is 0 Å². The first kappa shape index (κ1) is 13.5. The molecule has 0 saturated carbocycles. The van der Waals surface area contributed by atoms with Gasteiger partial charge in [-0.05, 0) is 44.8 Å². The molecule has 0 aliphatic carbocycles. The summed E-state index contributed by atoms with van der Waals surface area (Å²) in [5.41, 5.74) is 2.93. The molecular weight excluding hydrogens is 240 g/mol. The van der Waals surface area contributed by atoms with Crippen LogP contribution >= 0.6 is 0 Å². The molecule has 100 valence electrons. The predicted molar refractivity (Wildman–Crippen MR) is 75.2 cm³/mol. The SMILES string of the molecule is Cc1ccc2cc(C(CC(=O)O)N(C)C)ccc2n1. The number of carboxylic acids is 1. The fraction of sp³-hybridized carbons (Fsp3) is 0.333. The minimum atomic E-state index is -0.791. The van der Waals surface area contributed by atoms with Crippen LogP contribution in [0.15, 0.2) is 30.3 Å². The topological polar surface area (TPSA) is 53.4 Å². The molecule has 1 heterocycles. The van der Waals surface area contributed by atoms with E-state index in [1.165, 1.54) is 0 Å². The molecule has 0 bridgehead atoms. The third-order valence-electron chi connectivity index (χ3n) is 3.23. The van der Waals surface area contributed by atoms with E-state index in [9.17, 15) is 4.79 Å². The van der Waals surface area contributed by atoms with Crippen LogP contribution in [0.1, 0.15) is 23.7 Å². The van der Waals surface area contributed by atoms with E-state index in [0.717, 1.165) is 22.2 Å². The van der Waals surface area contributed by atoms with Gasteiger partial charge in [-0.3, -0.25) is 9.78 Å². The Kier molecular flexibility index (Phi) is 3.81. The molecule has 1 atom stereocenters. The first-order valence-electron chi connectivity index (χ1n) is 6.23. The highest BCUT2D eigenvalue weighted by Crippen LogP contribution is 2.25. The van der Waals surface area contributed by atoms with Crippen LogP contribution in [0.3, 0.4) is 0 Å². The average Bonchev–Trinajstić information content (AvgIpc) is 2.35. The number of fused-ring (bicyclic) bond motifs is 1. The molecule has 2 aromatic rings. The number of pyridine rings is 1. The van der Waals surface area contributed by atoms with Crippen molar-refractivity contribution in [2.24, 2.45) is 0 Å². The molecule has 19 heavy (non-hydrogen) atoms. The summed E-state index contributed by atoms with van der Waals surface area (Å²) in [5.74, 6) is -0.791. The zero-order chi connectivity index (χ0) is 14.0. The van der Waals surface area contributed by atoms with Gasteiger partial charge in [0.1, 0.15) is 0 Å². The van der Waals surface area contributed by atoms with Crippen LogP contribution in [0, 0.1) is 6.92 Å². The van der Waals surface area contributed by atoms with Crippen molar-refractivity contribution in [3.8, 4) is 0 Å². The lowest BCUT2D eigenvalue weighted by Gasteiger charge is -2.23. The Morgan fingerprint density at radius 3 is 2.68 bits per heavy atom. The summed E-state index contributed by atoms with van der Waals surface area (Å²) in [6.45, 7) is 1.96. The van der Waals surface area contributed by atoms with E-state index in [1.807, 2.05) is 56.3 Å². The Labute approximate surface area is 112 Å². The Bertz CT molecular complexity index is 608. The van der Waals surface area contributed by atoms with Gasteiger partial charge < -0.3 is 10.0 Å². The highest BCUT2D eigenvalue weighted by molar-refractivity contribution is 5.79. The van der Waals surface area contributed by atoms with Crippen molar-refractivity contribution < 1.29 is 9.90 Å². The lowest BCUT2D eigenvalue weighted by Crippen LogP contribution is -2.22. The summed E-state index contributed by atoms with van der Waals surface area (Å²) in [6, 6.07) is 9.80. The largest absolute Gasteiger partial charge is 0.481 e. The summed E-state index contributed by atoms with van der Waals surface area (Å²) in [5, 5.41) is 10.0. The van der Waals surface area contributed by atoms with Crippen molar-refractivity contribution in [1.29, 1.82) is 0 Å². The minimum Gasteiger partial charge on any atom is -0.481 e. The molecular formula is C15H18N2O2. The van der Waals surface area contributed by atoms with Gasteiger partial charge in [0, 0.05) is 17.1 Å². The van der Waals surface area contributed by atoms with Crippen molar-refractivity contribution >= 4 is 16.9 Å². The molecule has 4 nitrogen and oxygen atoms in total. The molecule has 1 N–H and O–H groups in total. The molecule has 2 rings (SSSR count).